The van der Waals surface area contributed by atoms with Crippen LogP contribution in [0, 0.1) is 20.8 Å². The first kappa shape index (κ1) is 16.1. The predicted molar refractivity (Wildman–Crippen MR) is 96.0 cm³/mol. The Morgan fingerprint density at radius 1 is 1.28 bits per heavy atom. The highest BCUT2D eigenvalue weighted by atomic mass is 32.2. The number of aryl methyl sites for hydroxylation is 3. The molecule has 0 radical (unpaired) electrons. The van der Waals surface area contributed by atoms with Gasteiger partial charge in [0.25, 0.3) is 16.7 Å². The second kappa shape index (κ2) is 6.16. The van der Waals surface area contributed by atoms with Crippen LogP contribution >= 0.6 is 23.1 Å². The lowest BCUT2D eigenvalue weighted by Gasteiger charge is -1.98. The molecule has 4 heterocycles. The van der Waals surface area contributed by atoms with Crippen LogP contribution in [0.2, 0.25) is 0 Å². The zero-order valence-corrected chi connectivity index (χ0v) is 15.4. The van der Waals surface area contributed by atoms with E-state index in [-0.39, 0.29) is 5.56 Å². The molecule has 0 aliphatic carbocycles. The van der Waals surface area contributed by atoms with Crippen molar-refractivity contribution in [2.24, 2.45) is 0 Å². The first-order valence-corrected chi connectivity index (χ1v) is 9.33. The van der Waals surface area contributed by atoms with Crippen molar-refractivity contribution >= 4 is 33.3 Å². The second-order valence-corrected chi connectivity index (χ2v) is 7.66. The number of nitrogens with zero attached hydrogens (tertiary/aromatic N) is 3. The Hall–Kier alpha value is -2.39. The molecule has 0 fully saturated rings. The van der Waals surface area contributed by atoms with E-state index in [1.54, 1.807) is 12.3 Å². The van der Waals surface area contributed by atoms with Crippen LogP contribution in [-0.2, 0) is 5.75 Å². The Bertz CT molecular complexity index is 1120. The monoisotopic (exact) mass is 374 g/mol. The van der Waals surface area contributed by atoms with Gasteiger partial charge in [-0.25, -0.2) is 4.98 Å². The molecule has 0 aliphatic heterocycles. The number of rotatable bonds is 4. The predicted octanol–water partition coefficient (Wildman–Crippen LogP) is 3.85. The van der Waals surface area contributed by atoms with Crippen molar-refractivity contribution in [1.82, 2.24) is 20.2 Å². The Labute approximate surface area is 150 Å². The Balaban J connectivity index is 1.56. The van der Waals surface area contributed by atoms with Gasteiger partial charge in [0.1, 0.15) is 16.4 Å². The lowest BCUT2D eigenvalue weighted by molar-refractivity contribution is 0.463. The quantitative estimate of drug-likeness (QED) is 0.542. The van der Waals surface area contributed by atoms with Crippen molar-refractivity contribution in [2.75, 3.05) is 0 Å². The molecule has 0 amide bonds. The maximum atomic E-state index is 12.3. The molecule has 4 aromatic rings. The van der Waals surface area contributed by atoms with Gasteiger partial charge >= 0.3 is 0 Å². The summed E-state index contributed by atoms with van der Waals surface area (Å²) in [5.41, 5.74) is 1.66. The van der Waals surface area contributed by atoms with E-state index in [1.807, 2.05) is 20.8 Å². The molecule has 0 spiro atoms. The number of H-pyrrole nitrogens is 1. The van der Waals surface area contributed by atoms with E-state index in [0.717, 1.165) is 26.6 Å². The standard InChI is InChI=1S/C16H14N4O3S2/c1-7-9(3)25-15-12(7)13(21)17-11(18-15)6-24-16-20-19-14(23-16)10-4-5-22-8(10)2/h4-5H,6H2,1-3H3,(H,17,18,21). The van der Waals surface area contributed by atoms with Crippen molar-refractivity contribution in [3.8, 4) is 11.5 Å². The molecule has 0 saturated carbocycles. The number of hydrogen-bond acceptors (Lipinski definition) is 8. The maximum absolute atomic E-state index is 12.3. The zero-order valence-electron chi connectivity index (χ0n) is 13.7. The fourth-order valence-corrected chi connectivity index (χ4v) is 4.16. The number of thiophene rings is 1. The summed E-state index contributed by atoms with van der Waals surface area (Å²) in [5, 5.41) is 9.13. The van der Waals surface area contributed by atoms with Crippen LogP contribution in [0.4, 0.5) is 0 Å². The fraction of sp³-hybridized carbons (Fsp3) is 0.250. The van der Waals surface area contributed by atoms with Gasteiger partial charge in [0.15, 0.2) is 0 Å². The average Bonchev–Trinajstić information content (AvgIpc) is 3.26. The number of aromatic nitrogens is 4. The summed E-state index contributed by atoms with van der Waals surface area (Å²) in [7, 11) is 0. The number of nitrogens with one attached hydrogen (secondary N) is 1. The number of thioether (sulfide) groups is 1. The van der Waals surface area contributed by atoms with Gasteiger partial charge in [-0.1, -0.05) is 11.8 Å². The summed E-state index contributed by atoms with van der Waals surface area (Å²) in [6, 6.07) is 1.78. The summed E-state index contributed by atoms with van der Waals surface area (Å²) < 4.78 is 10.9. The van der Waals surface area contributed by atoms with Crippen LogP contribution in [-0.4, -0.2) is 20.2 Å². The van der Waals surface area contributed by atoms with E-state index in [2.05, 4.69) is 20.2 Å². The highest BCUT2D eigenvalue weighted by Gasteiger charge is 2.15. The summed E-state index contributed by atoms with van der Waals surface area (Å²) in [6.45, 7) is 5.77. The molecule has 0 aromatic carbocycles. The van der Waals surface area contributed by atoms with E-state index >= 15 is 0 Å². The normalized spacial score (nSPS) is 11.5. The van der Waals surface area contributed by atoms with E-state index in [0.29, 0.717) is 28.1 Å². The molecule has 4 aromatic heterocycles. The topological polar surface area (TPSA) is 97.8 Å². The van der Waals surface area contributed by atoms with Crippen LogP contribution in [0.5, 0.6) is 0 Å². The molecule has 4 rings (SSSR count). The Morgan fingerprint density at radius 2 is 2.12 bits per heavy atom. The summed E-state index contributed by atoms with van der Waals surface area (Å²) >= 11 is 2.86. The molecule has 128 valence electrons. The highest BCUT2D eigenvalue weighted by Crippen LogP contribution is 2.29. The average molecular weight is 374 g/mol. The van der Waals surface area contributed by atoms with Gasteiger partial charge < -0.3 is 13.8 Å². The maximum Gasteiger partial charge on any atom is 0.277 e. The molecule has 0 bridgehead atoms. The third kappa shape index (κ3) is 2.89. The van der Waals surface area contributed by atoms with Crippen molar-refractivity contribution in [3.05, 3.63) is 44.7 Å². The van der Waals surface area contributed by atoms with Crippen molar-refractivity contribution in [3.63, 3.8) is 0 Å². The van der Waals surface area contributed by atoms with E-state index in [9.17, 15) is 4.79 Å². The Kier molecular flexibility index (Phi) is 3.97. The highest BCUT2D eigenvalue weighted by molar-refractivity contribution is 7.98. The van der Waals surface area contributed by atoms with Gasteiger partial charge in [0.05, 0.1) is 23.0 Å². The largest absolute Gasteiger partial charge is 0.469 e. The molecule has 1 N–H and O–H groups in total. The third-order valence-corrected chi connectivity index (χ3v) is 5.85. The molecule has 0 atom stereocenters. The van der Waals surface area contributed by atoms with Crippen molar-refractivity contribution in [2.45, 2.75) is 31.7 Å². The minimum atomic E-state index is -0.109. The van der Waals surface area contributed by atoms with Crippen molar-refractivity contribution in [1.29, 1.82) is 0 Å². The molecular formula is C16H14N4O3S2. The number of fused-ring (bicyclic) bond motifs is 1. The molecule has 9 heteroatoms. The van der Waals surface area contributed by atoms with Crippen molar-refractivity contribution < 1.29 is 8.83 Å². The summed E-state index contributed by atoms with van der Waals surface area (Å²) in [4.78, 5) is 21.5. The second-order valence-electron chi connectivity index (χ2n) is 5.53. The molecule has 0 saturated heterocycles. The summed E-state index contributed by atoms with van der Waals surface area (Å²) in [5.74, 6) is 2.16. The van der Waals surface area contributed by atoms with Gasteiger partial charge in [-0.2, -0.15) is 0 Å². The molecule has 7 nitrogen and oxygen atoms in total. The first-order chi connectivity index (χ1) is 12.0. The van der Waals surface area contributed by atoms with Gasteiger partial charge in [-0.15, -0.1) is 21.5 Å². The SMILES string of the molecule is Cc1occc1-c1nnc(SCc2nc3sc(C)c(C)c3c(=O)[nH]2)o1. The lowest BCUT2D eigenvalue weighted by atomic mass is 10.2. The Morgan fingerprint density at radius 3 is 2.88 bits per heavy atom. The minimum absolute atomic E-state index is 0.109. The molecule has 0 unspecified atom stereocenters. The zero-order chi connectivity index (χ0) is 17.6. The minimum Gasteiger partial charge on any atom is -0.469 e. The fourth-order valence-electron chi connectivity index (χ4n) is 2.48. The van der Waals surface area contributed by atoms with Crippen LogP contribution in [0.1, 0.15) is 22.0 Å². The third-order valence-electron chi connectivity index (χ3n) is 3.92. The first-order valence-electron chi connectivity index (χ1n) is 7.52. The number of furan rings is 1. The smallest absolute Gasteiger partial charge is 0.277 e. The number of aromatic amines is 1. The van der Waals surface area contributed by atoms with Crippen LogP contribution < -0.4 is 5.56 Å². The molecular weight excluding hydrogens is 360 g/mol. The van der Waals surface area contributed by atoms with Gasteiger partial charge in [0, 0.05) is 4.88 Å². The van der Waals surface area contributed by atoms with E-state index in [4.69, 9.17) is 8.83 Å². The van der Waals surface area contributed by atoms with Crippen LogP contribution in [0.15, 0.2) is 31.2 Å². The van der Waals surface area contributed by atoms with Gasteiger partial charge in [0.2, 0.25) is 0 Å². The van der Waals surface area contributed by atoms with Gasteiger partial charge in [-0.05, 0) is 32.4 Å². The van der Waals surface area contributed by atoms with E-state index in [1.165, 1.54) is 23.1 Å². The molecule has 0 aliphatic rings. The number of hydrogen-bond donors (Lipinski definition) is 1. The lowest BCUT2D eigenvalue weighted by Crippen LogP contribution is -2.10. The van der Waals surface area contributed by atoms with E-state index < -0.39 is 0 Å². The van der Waals surface area contributed by atoms with Crippen LogP contribution in [0.25, 0.3) is 21.7 Å². The molecule has 25 heavy (non-hydrogen) atoms. The summed E-state index contributed by atoms with van der Waals surface area (Å²) in [6.07, 6.45) is 1.58. The van der Waals surface area contributed by atoms with Crippen LogP contribution in [0.3, 0.4) is 0 Å². The van der Waals surface area contributed by atoms with Gasteiger partial charge in [-0.3, -0.25) is 4.79 Å².